The Hall–Kier alpha value is -2.13. The van der Waals surface area contributed by atoms with Crippen molar-refractivity contribution in [2.45, 2.75) is 69.6 Å². The molecule has 1 amide bonds. The van der Waals surface area contributed by atoms with Crippen LogP contribution in [0.3, 0.4) is 0 Å². The van der Waals surface area contributed by atoms with Crippen LogP contribution >= 0.6 is 23.2 Å². The van der Waals surface area contributed by atoms with E-state index in [-0.39, 0.29) is 5.75 Å². The van der Waals surface area contributed by atoms with Crippen molar-refractivity contribution in [2.24, 2.45) is 0 Å². The SMILES string of the molecule is CC[C@H](CS(=O)(=O)C(C)(C)C)N1C(=O)[C@@H](CC(=O)O)O[C@H](c2cccc(Cl)c2)[C@H]1c1ccc(Cl)cc1. The van der Waals surface area contributed by atoms with Crippen LogP contribution in [0.15, 0.2) is 48.5 Å². The number of amides is 1. The van der Waals surface area contributed by atoms with E-state index in [0.717, 1.165) is 0 Å². The van der Waals surface area contributed by atoms with Gasteiger partial charge in [-0.25, -0.2) is 8.42 Å². The zero-order valence-electron chi connectivity index (χ0n) is 20.6. The van der Waals surface area contributed by atoms with Crippen molar-refractivity contribution in [1.82, 2.24) is 4.90 Å². The molecule has 0 spiro atoms. The zero-order valence-corrected chi connectivity index (χ0v) is 23.0. The first-order valence-electron chi connectivity index (χ1n) is 11.7. The summed E-state index contributed by atoms with van der Waals surface area (Å²) in [5.41, 5.74) is 1.32. The second-order valence-corrected chi connectivity index (χ2v) is 13.6. The fraction of sp³-hybridized carbons (Fsp3) is 0.462. The van der Waals surface area contributed by atoms with Crippen molar-refractivity contribution < 1.29 is 27.9 Å². The molecule has 3 rings (SSSR count). The van der Waals surface area contributed by atoms with Gasteiger partial charge in [0, 0.05) is 16.1 Å². The van der Waals surface area contributed by atoms with Crippen LogP contribution < -0.4 is 0 Å². The van der Waals surface area contributed by atoms with E-state index in [0.29, 0.717) is 27.6 Å². The first-order chi connectivity index (χ1) is 16.7. The average Bonchev–Trinajstić information content (AvgIpc) is 2.78. The molecule has 1 aliphatic heterocycles. The molecule has 4 atom stereocenters. The molecular formula is C26H31Cl2NO6S. The second-order valence-electron chi connectivity index (χ2n) is 9.90. The average molecular weight is 557 g/mol. The first kappa shape index (κ1) is 28.4. The molecule has 0 unspecified atom stereocenters. The standard InChI is InChI=1S/C26H31Cl2NO6S/c1-5-20(15-36(33,34)26(2,3)4)29-23(16-9-11-18(27)12-10-16)24(17-7-6-8-19(28)13-17)35-21(25(29)32)14-22(30)31/h6-13,20-21,23-24H,5,14-15H2,1-4H3,(H,30,31)/t20-,21-,23-,24-/m1/s1. The Morgan fingerprint density at radius 1 is 1.08 bits per heavy atom. The maximum Gasteiger partial charge on any atom is 0.306 e. The van der Waals surface area contributed by atoms with E-state index in [4.69, 9.17) is 27.9 Å². The van der Waals surface area contributed by atoms with Gasteiger partial charge in [-0.3, -0.25) is 9.59 Å². The van der Waals surface area contributed by atoms with Gasteiger partial charge in [0.25, 0.3) is 5.91 Å². The fourth-order valence-corrected chi connectivity index (χ4v) is 6.03. The maximum atomic E-state index is 13.8. The van der Waals surface area contributed by atoms with Crippen LogP contribution in [0.2, 0.25) is 10.0 Å². The van der Waals surface area contributed by atoms with Crippen molar-refractivity contribution in [3.05, 3.63) is 69.7 Å². The molecule has 36 heavy (non-hydrogen) atoms. The molecule has 7 nitrogen and oxygen atoms in total. The number of hydrogen-bond acceptors (Lipinski definition) is 5. The number of halogens is 2. The Bertz CT molecular complexity index is 1210. The van der Waals surface area contributed by atoms with E-state index in [1.165, 1.54) is 4.90 Å². The highest BCUT2D eigenvalue weighted by atomic mass is 35.5. The number of carbonyl (C=O) groups is 2. The van der Waals surface area contributed by atoms with Crippen molar-refractivity contribution in [3.8, 4) is 0 Å². The topological polar surface area (TPSA) is 101 Å². The third-order valence-corrected chi connectivity index (χ3v) is 9.56. The predicted octanol–water partition coefficient (Wildman–Crippen LogP) is 5.47. The number of carboxylic acid groups (broad SMARTS) is 1. The number of aliphatic carboxylic acids is 1. The van der Waals surface area contributed by atoms with Crippen LogP contribution in [-0.4, -0.2) is 52.9 Å². The number of carboxylic acids is 1. The van der Waals surface area contributed by atoms with E-state index >= 15 is 0 Å². The summed E-state index contributed by atoms with van der Waals surface area (Å²) < 4.78 is 31.6. The Balaban J connectivity index is 2.21. The van der Waals surface area contributed by atoms with Gasteiger partial charge in [-0.15, -0.1) is 0 Å². The fourth-order valence-electron chi connectivity index (χ4n) is 4.30. The molecule has 0 saturated carbocycles. The summed E-state index contributed by atoms with van der Waals surface area (Å²) in [5.74, 6) is -2.03. The largest absolute Gasteiger partial charge is 0.481 e. The summed E-state index contributed by atoms with van der Waals surface area (Å²) in [7, 11) is -3.62. The third-order valence-electron chi connectivity index (χ3n) is 6.39. The van der Waals surface area contributed by atoms with Crippen LogP contribution in [0.5, 0.6) is 0 Å². The summed E-state index contributed by atoms with van der Waals surface area (Å²) >= 11 is 12.4. The maximum absolute atomic E-state index is 13.8. The van der Waals surface area contributed by atoms with Gasteiger partial charge in [0.1, 0.15) is 12.2 Å². The number of hydrogen-bond donors (Lipinski definition) is 1. The van der Waals surface area contributed by atoms with Crippen molar-refractivity contribution >= 4 is 44.9 Å². The number of nitrogens with zero attached hydrogens (tertiary/aromatic N) is 1. The highest BCUT2D eigenvalue weighted by Crippen LogP contribution is 2.45. The molecule has 2 aromatic carbocycles. The Kier molecular flexibility index (Phi) is 8.76. The van der Waals surface area contributed by atoms with Gasteiger partial charge < -0.3 is 14.7 Å². The van der Waals surface area contributed by atoms with Crippen LogP contribution in [0.4, 0.5) is 0 Å². The van der Waals surface area contributed by atoms with Gasteiger partial charge in [0.2, 0.25) is 0 Å². The lowest BCUT2D eigenvalue weighted by Crippen LogP contribution is -2.57. The molecule has 0 radical (unpaired) electrons. The molecule has 196 valence electrons. The van der Waals surface area contributed by atoms with E-state index < -0.39 is 57.2 Å². The highest BCUT2D eigenvalue weighted by molar-refractivity contribution is 7.92. The molecule has 0 bridgehead atoms. The first-order valence-corrected chi connectivity index (χ1v) is 14.1. The summed E-state index contributed by atoms with van der Waals surface area (Å²) in [4.78, 5) is 26.9. The molecule has 1 heterocycles. The third kappa shape index (κ3) is 6.22. The van der Waals surface area contributed by atoms with Crippen LogP contribution in [-0.2, 0) is 24.2 Å². The summed E-state index contributed by atoms with van der Waals surface area (Å²) in [6.45, 7) is 6.67. The van der Waals surface area contributed by atoms with Gasteiger partial charge in [0.05, 0.1) is 23.0 Å². The molecule has 1 aliphatic rings. The molecule has 0 aliphatic carbocycles. The van der Waals surface area contributed by atoms with Crippen molar-refractivity contribution in [2.75, 3.05) is 5.75 Å². The highest BCUT2D eigenvalue weighted by Gasteiger charge is 2.48. The minimum atomic E-state index is -3.62. The van der Waals surface area contributed by atoms with E-state index in [1.54, 1.807) is 69.3 Å². The summed E-state index contributed by atoms with van der Waals surface area (Å²) in [6.07, 6.45) is -2.30. The van der Waals surface area contributed by atoms with Gasteiger partial charge in [-0.2, -0.15) is 0 Å². The van der Waals surface area contributed by atoms with Crippen LogP contribution in [0.1, 0.15) is 63.8 Å². The summed E-state index contributed by atoms with van der Waals surface area (Å²) in [6, 6.07) is 12.4. The second kappa shape index (κ2) is 11.1. The van der Waals surface area contributed by atoms with Crippen molar-refractivity contribution in [3.63, 3.8) is 0 Å². The lowest BCUT2D eigenvalue weighted by molar-refractivity contribution is -0.182. The number of carbonyl (C=O) groups excluding carboxylic acids is 1. The quantitative estimate of drug-likeness (QED) is 0.463. The van der Waals surface area contributed by atoms with Crippen molar-refractivity contribution in [1.29, 1.82) is 0 Å². The van der Waals surface area contributed by atoms with E-state index in [9.17, 15) is 23.1 Å². The van der Waals surface area contributed by atoms with Gasteiger partial charge >= 0.3 is 5.97 Å². The zero-order chi connectivity index (χ0) is 26.8. The molecule has 1 saturated heterocycles. The molecular weight excluding hydrogens is 525 g/mol. The number of morpholine rings is 1. The predicted molar refractivity (Wildman–Crippen MR) is 140 cm³/mol. The normalized spacial score (nSPS) is 21.9. The molecule has 0 aromatic heterocycles. The monoisotopic (exact) mass is 555 g/mol. The molecule has 2 aromatic rings. The van der Waals surface area contributed by atoms with Gasteiger partial charge in [-0.1, -0.05) is 54.4 Å². The summed E-state index contributed by atoms with van der Waals surface area (Å²) in [5, 5.41) is 10.4. The number of rotatable bonds is 8. The van der Waals surface area contributed by atoms with E-state index in [2.05, 4.69) is 0 Å². The smallest absolute Gasteiger partial charge is 0.306 e. The van der Waals surface area contributed by atoms with Crippen LogP contribution in [0.25, 0.3) is 0 Å². The Labute approximate surface area is 222 Å². The van der Waals surface area contributed by atoms with E-state index in [1.807, 2.05) is 6.92 Å². The van der Waals surface area contributed by atoms with Gasteiger partial charge in [-0.05, 0) is 62.6 Å². The molecule has 10 heteroatoms. The minimum absolute atomic E-state index is 0.273. The Morgan fingerprint density at radius 2 is 1.72 bits per heavy atom. The lowest BCUT2D eigenvalue weighted by Gasteiger charge is -2.48. The van der Waals surface area contributed by atoms with Crippen LogP contribution in [0, 0.1) is 0 Å². The lowest BCUT2D eigenvalue weighted by atomic mass is 9.89. The molecule has 1 N–H and O–H groups in total. The number of benzene rings is 2. The Morgan fingerprint density at radius 3 is 2.25 bits per heavy atom. The molecule has 1 fully saturated rings. The number of ether oxygens (including phenoxy) is 1. The van der Waals surface area contributed by atoms with Gasteiger partial charge in [0.15, 0.2) is 9.84 Å². The number of sulfone groups is 1. The minimum Gasteiger partial charge on any atom is -0.481 e.